The maximum atomic E-state index is 12.4. The number of furan rings is 1. The van der Waals surface area contributed by atoms with E-state index in [1.54, 1.807) is 19.5 Å². The molecule has 2 fully saturated rings. The highest BCUT2D eigenvalue weighted by molar-refractivity contribution is 5.78. The number of aryl methyl sites for hydroxylation is 1. The van der Waals surface area contributed by atoms with Crippen molar-refractivity contribution < 1.29 is 29.0 Å². The summed E-state index contributed by atoms with van der Waals surface area (Å²) in [6, 6.07) is 0. The van der Waals surface area contributed by atoms with Gasteiger partial charge in [0.15, 0.2) is 0 Å². The number of hydrogen-bond donors (Lipinski definition) is 2. The Morgan fingerprint density at radius 1 is 1.27 bits per heavy atom. The molecule has 1 aliphatic heterocycles. The molecule has 0 spiro atoms. The third kappa shape index (κ3) is 2.08. The van der Waals surface area contributed by atoms with E-state index in [-0.39, 0.29) is 37.4 Å². The average Bonchev–Trinajstić information content (AvgIpc) is 3.05. The Morgan fingerprint density at radius 2 is 2.04 bits per heavy atom. The van der Waals surface area contributed by atoms with Crippen LogP contribution in [0.5, 0.6) is 0 Å². The smallest absolute Gasteiger partial charge is 0.313 e. The van der Waals surface area contributed by atoms with E-state index in [2.05, 4.69) is 0 Å². The molecule has 1 aromatic rings. The number of aliphatic hydroxyl groups is 1. The fraction of sp³-hybridized carbons (Fsp3) is 0.700. The first-order chi connectivity index (χ1) is 12.3. The van der Waals surface area contributed by atoms with Crippen molar-refractivity contribution in [2.45, 2.75) is 51.4 Å². The molecular formula is C20H26O6. The Kier molecular flexibility index (Phi) is 3.78. The number of cyclic esters (lactones) is 1. The molecule has 142 valence electrons. The SMILES string of the molecule is C[C@]12CC(=O)OC[C@@](C)(C(=O)O)C1CC[C@@]1(CO)c3cocc3CCC12. The first kappa shape index (κ1) is 17.6. The van der Waals surface area contributed by atoms with E-state index in [1.807, 2.05) is 6.92 Å². The number of hydrogen-bond acceptors (Lipinski definition) is 5. The molecule has 0 bridgehead atoms. The van der Waals surface area contributed by atoms with Gasteiger partial charge in [-0.15, -0.1) is 0 Å². The van der Waals surface area contributed by atoms with Crippen LogP contribution in [0.3, 0.4) is 0 Å². The summed E-state index contributed by atoms with van der Waals surface area (Å²) in [5, 5.41) is 20.4. The number of aliphatic carboxylic acids is 1. The fourth-order valence-electron chi connectivity index (χ4n) is 6.43. The maximum Gasteiger partial charge on any atom is 0.313 e. The van der Waals surface area contributed by atoms with Gasteiger partial charge in [0.05, 0.1) is 25.6 Å². The summed E-state index contributed by atoms with van der Waals surface area (Å²) in [4.78, 5) is 24.6. The molecule has 2 unspecified atom stereocenters. The van der Waals surface area contributed by atoms with E-state index in [0.29, 0.717) is 12.8 Å². The van der Waals surface area contributed by atoms with Gasteiger partial charge in [-0.1, -0.05) is 6.92 Å². The van der Waals surface area contributed by atoms with Crippen molar-refractivity contribution >= 4 is 11.9 Å². The summed E-state index contributed by atoms with van der Waals surface area (Å²) in [5.41, 5.74) is 0.0197. The third-order valence-corrected chi connectivity index (χ3v) is 7.72. The van der Waals surface area contributed by atoms with Gasteiger partial charge in [0, 0.05) is 11.0 Å². The maximum absolute atomic E-state index is 12.4. The zero-order chi connectivity index (χ0) is 18.7. The molecule has 2 aliphatic carbocycles. The van der Waals surface area contributed by atoms with Crippen molar-refractivity contribution in [2.24, 2.45) is 22.7 Å². The lowest BCUT2D eigenvalue weighted by molar-refractivity contribution is -0.165. The summed E-state index contributed by atoms with van der Waals surface area (Å²) in [6.07, 6.45) is 6.63. The standard InChI is InChI=1S/C20H26O6/c1-18-7-16(22)26-11-19(2,17(23)24)14(18)5-6-20(10-21)13-9-25-8-12(13)3-4-15(18)20/h8-9,14-15,21H,3-7,10-11H2,1-2H3,(H,23,24)/t14?,15?,18-,19+,20+/m0/s1. The van der Waals surface area contributed by atoms with E-state index in [4.69, 9.17) is 9.15 Å². The van der Waals surface area contributed by atoms with E-state index < -0.39 is 22.2 Å². The molecule has 0 aromatic carbocycles. The van der Waals surface area contributed by atoms with Crippen molar-refractivity contribution in [1.29, 1.82) is 0 Å². The zero-order valence-electron chi connectivity index (χ0n) is 15.3. The second kappa shape index (κ2) is 5.59. The van der Waals surface area contributed by atoms with Gasteiger partial charge in [-0.25, -0.2) is 0 Å². The van der Waals surface area contributed by atoms with Gasteiger partial charge in [0.1, 0.15) is 12.0 Å². The van der Waals surface area contributed by atoms with Gasteiger partial charge < -0.3 is 19.4 Å². The molecule has 1 saturated carbocycles. The molecule has 0 amide bonds. The van der Waals surface area contributed by atoms with E-state index >= 15 is 0 Å². The quantitative estimate of drug-likeness (QED) is 0.785. The van der Waals surface area contributed by atoms with Crippen LogP contribution >= 0.6 is 0 Å². The van der Waals surface area contributed by atoms with Gasteiger partial charge in [-0.3, -0.25) is 9.59 Å². The molecule has 0 radical (unpaired) electrons. The van der Waals surface area contributed by atoms with Gasteiger partial charge in [-0.2, -0.15) is 0 Å². The largest absolute Gasteiger partial charge is 0.481 e. The summed E-state index contributed by atoms with van der Waals surface area (Å²) < 4.78 is 10.8. The highest BCUT2D eigenvalue weighted by atomic mass is 16.5. The molecule has 1 aromatic heterocycles. The van der Waals surface area contributed by atoms with Crippen LogP contribution in [0.2, 0.25) is 0 Å². The Morgan fingerprint density at radius 3 is 2.73 bits per heavy atom. The summed E-state index contributed by atoms with van der Waals surface area (Å²) >= 11 is 0. The summed E-state index contributed by atoms with van der Waals surface area (Å²) in [6.45, 7) is 3.63. The Labute approximate surface area is 152 Å². The van der Waals surface area contributed by atoms with Crippen molar-refractivity contribution in [3.63, 3.8) is 0 Å². The van der Waals surface area contributed by atoms with E-state index in [0.717, 1.165) is 24.0 Å². The number of ether oxygens (including phenoxy) is 1. The van der Waals surface area contributed by atoms with E-state index in [9.17, 15) is 19.8 Å². The van der Waals surface area contributed by atoms with Crippen LogP contribution in [-0.4, -0.2) is 35.4 Å². The molecule has 6 heteroatoms. The Bertz CT molecular complexity index is 753. The summed E-state index contributed by atoms with van der Waals surface area (Å²) in [7, 11) is 0. The molecule has 5 atom stereocenters. The van der Waals surface area contributed by atoms with Gasteiger partial charge >= 0.3 is 11.9 Å². The molecule has 4 rings (SSSR count). The van der Waals surface area contributed by atoms with Crippen molar-refractivity contribution in [1.82, 2.24) is 0 Å². The van der Waals surface area contributed by atoms with Crippen LogP contribution in [0.4, 0.5) is 0 Å². The van der Waals surface area contributed by atoms with Crippen LogP contribution in [0.25, 0.3) is 0 Å². The van der Waals surface area contributed by atoms with Crippen LogP contribution in [0.15, 0.2) is 16.9 Å². The number of carbonyl (C=O) groups is 2. The number of aliphatic hydroxyl groups excluding tert-OH is 1. The number of carbonyl (C=O) groups excluding carboxylic acids is 1. The monoisotopic (exact) mass is 362 g/mol. The van der Waals surface area contributed by atoms with Crippen LogP contribution in [0, 0.1) is 22.7 Å². The lowest BCUT2D eigenvalue weighted by atomic mass is 9.43. The fourth-order valence-corrected chi connectivity index (χ4v) is 6.43. The summed E-state index contributed by atoms with van der Waals surface area (Å²) in [5.74, 6) is -1.43. The molecule has 1 saturated heterocycles. The van der Waals surface area contributed by atoms with Gasteiger partial charge in [-0.05, 0) is 55.4 Å². The highest BCUT2D eigenvalue weighted by Crippen LogP contribution is 2.64. The Hall–Kier alpha value is -1.82. The minimum Gasteiger partial charge on any atom is -0.481 e. The number of esters is 1. The zero-order valence-corrected chi connectivity index (χ0v) is 15.3. The van der Waals surface area contributed by atoms with Crippen LogP contribution < -0.4 is 0 Å². The predicted octanol–water partition coefficient (Wildman–Crippen LogP) is 2.53. The normalized spacial score (nSPS) is 42.0. The lowest BCUT2D eigenvalue weighted by Gasteiger charge is -2.60. The number of carboxylic acid groups (broad SMARTS) is 1. The Balaban J connectivity index is 1.87. The van der Waals surface area contributed by atoms with Crippen LogP contribution in [0.1, 0.15) is 50.7 Å². The van der Waals surface area contributed by atoms with Crippen molar-refractivity contribution in [3.05, 3.63) is 23.7 Å². The van der Waals surface area contributed by atoms with Gasteiger partial charge in [0.2, 0.25) is 0 Å². The third-order valence-electron chi connectivity index (χ3n) is 7.72. The van der Waals surface area contributed by atoms with Gasteiger partial charge in [0.25, 0.3) is 0 Å². The molecule has 26 heavy (non-hydrogen) atoms. The molecule has 6 nitrogen and oxygen atoms in total. The number of carboxylic acids is 1. The van der Waals surface area contributed by atoms with Crippen molar-refractivity contribution in [2.75, 3.05) is 13.2 Å². The average molecular weight is 362 g/mol. The van der Waals surface area contributed by atoms with Crippen molar-refractivity contribution in [3.8, 4) is 0 Å². The first-order valence-electron chi connectivity index (χ1n) is 9.33. The van der Waals surface area contributed by atoms with E-state index in [1.165, 1.54) is 0 Å². The topological polar surface area (TPSA) is 97.0 Å². The van der Waals surface area contributed by atoms with Crippen LogP contribution in [-0.2, 0) is 26.2 Å². The first-order valence-corrected chi connectivity index (χ1v) is 9.33. The molecule has 3 aliphatic rings. The minimum atomic E-state index is -1.11. The number of rotatable bonds is 2. The highest BCUT2D eigenvalue weighted by Gasteiger charge is 2.64. The second-order valence-electron chi connectivity index (χ2n) is 8.87. The predicted molar refractivity (Wildman–Crippen MR) is 91.4 cm³/mol. The lowest BCUT2D eigenvalue weighted by Crippen LogP contribution is -2.60. The molecular weight excluding hydrogens is 336 g/mol. The molecule has 2 N–H and O–H groups in total. The minimum absolute atomic E-state index is 0.00757. The number of fused-ring (bicyclic) bond motifs is 5. The molecule has 2 heterocycles. The second-order valence-corrected chi connectivity index (χ2v) is 8.87.